The molecule has 2 N–H and O–H groups in total. The molecule has 0 bridgehead atoms. The van der Waals surface area contributed by atoms with Gasteiger partial charge in [0.2, 0.25) is 5.91 Å². The number of nitrogens with zero attached hydrogens (tertiary/aromatic N) is 1. The fourth-order valence-electron chi connectivity index (χ4n) is 2.97. The number of thiophene rings is 1. The molecular weight excluding hydrogens is 306 g/mol. The third kappa shape index (κ3) is 4.33. The van der Waals surface area contributed by atoms with Crippen LogP contribution < -0.4 is 15.1 Å². The minimum Gasteiger partial charge on any atom is -0.360 e. The smallest absolute Gasteiger partial charge is 0.228 e. The lowest BCUT2D eigenvalue weighted by molar-refractivity contribution is -0.898. The summed E-state index contributed by atoms with van der Waals surface area (Å²) in [5.41, 5.74) is 3.18. The number of hydrogen-bond acceptors (Lipinski definition) is 3. The zero-order chi connectivity index (χ0) is 16.1. The maximum absolute atomic E-state index is 12.0. The largest absolute Gasteiger partial charge is 0.360 e. The van der Waals surface area contributed by atoms with E-state index in [-0.39, 0.29) is 5.91 Å². The minimum atomic E-state index is 0.0383. The Morgan fingerprint density at radius 1 is 1.22 bits per heavy atom. The molecule has 1 aliphatic rings. The van der Waals surface area contributed by atoms with Crippen molar-refractivity contribution in [1.82, 2.24) is 0 Å². The molecule has 1 aromatic carbocycles. The van der Waals surface area contributed by atoms with E-state index in [9.17, 15) is 4.79 Å². The number of nitrogens with one attached hydrogen (secondary N) is 2. The summed E-state index contributed by atoms with van der Waals surface area (Å²) in [6.45, 7) is 8.08. The van der Waals surface area contributed by atoms with Crippen LogP contribution in [0.2, 0.25) is 0 Å². The summed E-state index contributed by atoms with van der Waals surface area (Å²) in [6, 6.07) is 10.2. The van der Waals surface area contributed by atoms with Crippen LogP contribution in [-0.4, -0.2) is 38.6 Å². The summed E-state index contributed by atoms with van der Waals surface area (Å²) in [7, 11) is 0. The molecule has 1 saturated heterocycles. The first-order valence-electron chi connectivity index (χ1n) is 8.24. The normalized spacial score (nSPS) is 15.6. The molecule has 1 aliphatic heterocycles. The summed E-state index contributed by atoms with van der Waals surface area (Å²) in [5.74, 6) is 0.0383. The number of anilines is 2. The van der Waals surface area contributed by atoms with Crippen LogP contribution in [-0.2, 0) is 11.2 Å². The van der Waals surface area contributed by atoms with Crippen LogP contribution in [0.1, 0.15) is 12.5 Å². The first kappa shape index (κ1) is 16.0. The Kier molecular flexibility index (Phi) is 5.31. The van der Waals surface area contributed by atoms with Gasteiger partial charge in [-0.1, -0.05) is 0 Å². The van der Waals surface area contributed by atoms with Gasteiger partial charge in [-0.3, -0.25) is 4.79 Å². The van der Waals surface area contributed by atoms with Gasteiger partial charge in [0.1, 0.15) is 0 Å². The van der Waals surface area contributed by atoms with Gasteiger partial charge < -0.3 is 15.1 Å². The van der Waals surface area contributed by atoms with Crippen molar-refractivity contribution in [2.24, 2.45) is 0 Å². The number of amides is 1. The average Bonchev–Trinajstić information content (AvgIpc) is 3.08. The molecule has 0 radical (unpaired) electrons. The second-order valence-corrected chi connectivity index (χ2v) is 6.77. The van der Waals surface area contributed by atoms with Gasteiger partial charge in [0, 0.05) is 11.4 Å². The maximum Gasteiger partial charge on any atom is 0.228 e. The van der Waals surface area contributed by atoms with Crippen molar-refractivity contribution in [3.8, 4) is 0 Å². The number of benzene rings is 1. The van der Waals surface area contributed by atoms with Gasteiger partial charge in [0.05, 0.1) is 39.1 Å². The first-order chi connectivity index (χ1) is 11.2. The van der Waals surface area contributed by atoms with E-state index >= 15 is 0 Å². The molecule has 4 nitrogen and oxygen atoms in total. The lowest BCUT2D eigenvalue weighted by Gasteiger charge is -2.33. The molecule has 23 heavy (non-hydrogen) atoms. The number of hydrogen-bond donors (Lipinski definition) is 2. The predicted octanol–water partition coefficient (Wildman–Crippen LogP) is 1.65. The number of carbonyl (C=O) groups excluding carboxylic acids is 1. The highest BCUT2D eigenvalue weighted by Gasteiger charge is 2.18. The topological polar surface area (TPSA) is 36.8 Å². The van der Waals surface area contributed by atoms with Gasteiger partial charge in [-0.15, -0.1) is 0 Å². The lowest BCUT2D eigenvalue weighted by atomic mass is 10.2. The Hall–Kier alpha value is -1.85. The highest BCUT2D eigenvalue weighted by atomic mass is 32.1. The third-order valence-corrected chi connectivity index (χ3v) is 5.16. The Bertz CT molecular complexity index is 616. The molecule has 0 saturated carbocycles. The second-order valence-electron chi connectivity index (χ2n) is 5.99. The van der Waals surface area contributed by atoms with Crippen molar-refractivity contribution >= 4 is 28.6 Å². The van der Waals surface area contributed by atoms with Crippen molar-refractivity contribution in [3.63, 3.8) is 0 Å². The zero-order valence-corrected chi connectivity index (χ0v) is 14.4. The molecule has 1 aromatic heterocycles. The Morgan fingerprint density at radius 3 is 2.57 bits per heavy atom. The SMILES string of the molecule is CC[NH+]1CCN(c2ccc(NC(=O)Cc3ccsc3)cc2)CC1. The number of likely N-dealkylation sites (N-methyl/N-ethyl adjacent to an activating group) is 1. The predicted molar refractivity (Wildman–Crippen MR) is 96.5 cm³/mol. The molecule has 3 rings (SSSR count). The highest BCUT2D eigenvalue weighted by Crippen LogP contribution is 2.18. The van der Waals surface area contributed by atoms with Crippen LogP contribution in [0.15, 0.2) is 41.1 Å². The average molecular weight is 330 g/mol. The number of rotatable bonds is 5. The van der Waals surface area contributed by atoms with E-state index in [0.717, 1.165) is 24.3 Å². The van der Waals surface area contributed by atoms with Gasteiger partial charge in [-0.2, -0.15) is 11.3 Å². The standard InChI is InChI=1S/C18H23N3OS/c1-2-20-8-10-21(11-9-20)17-5-3-16(4-6-17)19-18(22)13-15-7-12-23-14-15/h3-7,12,14H,2,8-11,13H2,1H3,(H,19,22)/p+1. The van der Waals surface area contributed by atoms with Gasteiger partial charge >= 0.3 is 0 Å². The quantitative estimate of drug-likeness (QED) is 0.875. The van der Waals surface area contributed by atoms with Crippen LogP contribution in [0, 0.1) is 0 Å². The molecule has 0 atom stereocenters. The van der Waals surface area contributed by atoms with Crippen LogP contribution in [0.25, 0.3) is 0 Å². The van der Waals surface area contributed by atoms with Crippen molar-refractivity contribution in [3.05, 3.63) is 46.7 Å². The Labute approximate surface area is 141 Å². The zero-order valence-electron chi connectivity index (χ0n) is 13.5. The fourth-order valence-corrected chi connectivity index (χ4v) is 3.64. The maximum atomic E-state index is 12.0. The van der Waals surface area contributed by atoms with Crippen LogP contribution in [0.3, 0.4) is 0 Å². The summed E-state index contributed by atoms with van der Waals surface area (Å²) in [5, 5.41) is 6.98. The van der Waals surface area contributed by atoms with Crippen molar-refractivity contribution in [1.29, 1.82) is 0 Å². The molecule has 0 aliphatic carbocycles. The first-order valence-corrected chi connectivity index (χ1v) is 9.18. The second kappa shape index (κ2) is 7.62. The van der Waals surface area contributed by atoms with E-state index in [4.69, 9.17) is 0 Å². The fraction of sp³-hybridized carbons (Fsp3) is 0.389. The molecule has 1 amide bonds. The highest BCUT2D eigenvalue weighted by molar-refractivity contribution is 7.08. The number of piperazine rings is 1. The third-order valence-electron chi connectivity index (χ3n) is 4.43. The van der Waals surface area contributed by atoms with Gasteiger partial charge in [0.25, 0.3) is 0 Å². The van der Waals surface area contributed by atoms with Gasteiger partial charge in [-0.25, -0.2) is 0 Å². The molecule has 122 valence electrons. The van der Waals surface area contributed by atoms with Crippen molar-refractivity contribution < 1.29 is 9.69 Å². The van der Waals surface area contributed by atoms with Gasteiger partial charge in [-0.05, 0) is 53.6 Å². The molecular formula is C18H24N3OS+. The van der Waals surface area contributed by atoms with Crippen molar-refractivity contribution in [2.45, 2.75) is 13.3 Å². The molecule has 1 fully saturated rings. The van der Waals surface area contributed by atoms with Crippen LogP contribution >= 0.6 is 11.3 Å². The monoisotopic (exact) mass is 330 g/mol. The molecule has 2 heterocycles. The van der Waals surface area contributed by atoms with E-state index in [1.807, 2.05) is 29.0 Å². The summed E-state index contributed by atoms with van der Waals surface area (Å²) in [6.07, 6.45) is 0.438. The minimum absolute atomic E-state index is 0.0383. The lowest BCUT2D eigenvalue weighted by Crippen LogP contribution is -3.14. The van der Waals surface area contributed by atoms with Crippen LogP contribution in [0.5, 0.6) is 0 Å². The molecule has 0 unspecified atom stereocenters. The van der Waals surface area contributed by atoms with E-state index in [2.05, 4.69) is 29.3 Å². The summed E-state index contributed by atoms with van der Waals surface area (Å²) in [4.78, 5) is 16.1. The molecule has 2 aromatic rings. The Balaban J connectivity index is 1.54. The van der Waals surface area contributed by atoms with E-state index < -0.39 is 0 Å². The number of carbonyl (C=O) groups is 1. The van der Waals surface area contributed by atoms with Crippen LogP contribution in [0.4, 0.5) is 11.4 Å². The van der Waals surface area contributed by atoms with Crippen molar-refractivity contribution in [2.75, 3.05) is 42.9 Å². The molecule has 5 heteroatoms. The molecule has 0 spiro atoms. The van der Waals surface area contributed by atoms with E-state index in [0.29, 0.717) is 6.42 Å². The summed E-state index contributed by atoms with van der Waals surface area (Å²) >= 11 is 1.62. The van der Waals surface area contributed by atoms with E-state index in [1.54, 1.807) is 16.2 Å². The van der Waals surface area contributed by atoms with E-state index in [1.165, 1.54) is 25.3 Å². The number of quaternary nitrogens is 1. The van der Waals surface area contributed by atoms with Gasteiger partial charge in [0.15, 0.2) is 0 Å². The summed E-state index contributed by atoms with van der Waals surface area (Å²) < 4.78 is 0. The Morgan fingerprint density at radius 2 is 1.96 bits per heavy atom.